The summed E-state index contributed by atoms with van der Waals surface area (Å²) in [7, 11) is -16.3. The smallest absolute Gasteiger partial charge is 0.501 e. The van der Waals surface area contributed by atoms with Crippen molar-refractivity contribution >= 4 is 42.1 Å². The molecule has 20 heteroatoms. The minimum absolute atomic E-state index is 0. The van der Waals surface area contributed by atoms with E-state index in [1.54, 1.807) is 7.11 Å². The Morgan fingerprint density at radius 2 is 0.903 bits per heavy atom. The number of methoxy groups -OCH3 is 1. The molecule has 0 saturated heterocycles. The molecule has 31 heavy (non-hydrogen) atoms. The average Bonchev–Trinajstić information content (AvgIpc) is 2.57. The fourth-order valence-corrected chi connectivity index (χ4v) is 0.534. The third-order valence-corrected chi connectivity index (χ3v) is 1.09. The van der Waals surface area contributed by atoms with Gasteiger partial charge < -0.3 is 56.5 Å². The topological polar surface area (TPSA) is 60.4 Å². The molecule has 0 aliphatic heterocycles. The molecule has 0 rings (SSSR count). The van der Waals surface area contributed by atoms with Crippen molar-refractivity contribution in [3.8, 4) is 0 Å². The summed E-state index contributed by atoms with van der Waals surface area (Å²) in [6, 6.07) is 0. The zero-order valence-corrected chi connectivity index (χ0v) is 16.8. The summed E-state index contributed by atoms with van der Waals surface area (Å²) < 4.78 is 122. The first kappa shape index (κ1) is 51.6. The molecule has 0 aromatic heterocycles. The third-order valence-electron chi connectivity index (χ3n) is 1.09. The molecule has 0 aliphatic carbocycles. The molecular weight excluding hydrogens is 512 g/mol. The van der Waals surface area contributed by atoms with E-state index in [1.807, 2.05) is 25.2 Å². The van der Waals surface area contributed by atoms with E-state index in [0.717, 1.165) is 12.2 Å². The summed E-state index contributed by atoms with van der Waals surface area (Å²) >= 11 is 0. The van der Waals surface area contributed by atoms with Crippen molar-refractivity contribution in [1.29, 1.82) is 0 Å². The maximum Gasteiger partial charge on any atom is 3.00 e. The molecule has 7 radical (unpaired) electrons. The molecule has 183 valence electrons. The van der Waals surface area contributed by atoms with Crippen molar-refractivity contribution in [3.05, 3.63) is 24.0 Å². The van der Waals surface area contributed by atoms with Crippen molar-refractivity contribution < 1.29 is 88.0 Å². The van der Waals surface area contributed by atoms with Gasteiger partial charge in [0, 0.05) is 6.42 Å². The van der Waals surface area contributed by atoms with Gasteiger partial charge in [-0.05, 0) is 13.0 Å². The number of carbonyl (C=O) groups excluding carboxylic acids is 3. The van der Waals surface area contributed by atoms with Crippen molar-refractivity contribution in [1.82, 2.24) is 0 Å². The summed E-state index contributed by atoms with van der Waals surface area (Å²) in [4.78, 5) is 22.5. The molecule has 0 fully saturated rings. The van der Waals surface area contributed by atoms with E-state index in [-0.39, 0.29) is 17.1 Å². The molecule has 0 aromatic rings. The van der Waals surface area contributed by atoms with Crippen molar-refractivity contribution in [2.45, 2.75) is 20.3 Å². The largest absolute Gasteiger partial charge is 3.00 e. The number of allylic oxidation sites excluding steroid dienone is 4. The SMILES string of the molecule is CC=CC=C(CC)OC.F[B-](F)(F)F.F[B-](F)(F)F.F[B-](F)(F)F.[C]=O.[C]=O.[C]=O.[Fe+3]. The van der Waals surface area contributed by atoms with Crippen LogP contribution in [0.2, 0.25) is 0 Å². The molecule has 0 saturated carbocycles. The normalized spacial score (nSPS) is 9.84. The van der Waals surface area contributed by atoms with E-state index in [2.05, 4.69) is 27.3 Å². The number of hydrogen-bond acceptors (Lipinski definition) is 4. The minimum atomic E-state index is -6.00. The zero-order valence-electron chi connectivity index (χ0n) is 15.7. The van der Waals surface area contributed by atoms with E-state index in [1.165, 1.54) is 0 Å². The van der Waals surface area contributed by atoms with Crippen LogP contribution in [-0.4, -0.2) is 49.2 Å². The third kappa shape index (κ3) is 507. The van der Waals surface area contributed by atoms with Gasteiger partial charge in [0.15, 0.2) is 0 Å². The Bertz CT molecular complexity index is 336. The molecule has 0 heterocycles. The van der Waals surface area contributed by atoms with Gasteiger partial charge in [0.1, 0.15) is 0 Å². The van der Waals surface area contributed by atoms with Crippen molar-refractivity contribution in [3.63, 3.8) is 0 Å². The van der Waals surface area contributed by atoms with Gasteiger partial charge >= 0.3 is 38.8 Å². The van der Waals surface area contributed by atoms with Gasteiger partial charge in [0.2, 0.25) is 0 Å². The van der Waals surface area contributed by atoms with Gasteiger partial charge in [0.05, 0.1) is 12.9 Å². The van der Waals surface area contributed by atoms with Gasteiger partial charge in [-0.1, -0.05) is 19.1 Å². The van der Waals surface area contributed by atoms with Crippen LogP contribution in [0.5, 0.6) is 0 Å². The van der Waals surface area contributed by atoms with E-state index >= 15 is 0 Å². The second-order valence-electron chi connectivity index (χ2n) is 3.20. The number of rotatable bonds is 3. The summed E-state index contributed by atoms with van der Waals surface area (Å²) in [6.45, 7) is 17.6. The molecule has 0 amide bonds. The molecule has 0 N–H and O–H groups in total. The molecule has 0 bridgehead atoms. The number of hydrogen-bond donors (Lipinski definition) is 0. The van der Waals surface area contributed by atoms with Crippen LogP contribution in [0.1, 0.15) is 20.3 Å². The molecule has 0 unspecified atom stereocenters. The maximum atomic E-state index is 9.75. The molecular formula is C11H14B3F12FeO4. The second-order valence-corrected chi connectivity index (χ2v) is 3.20. The van der Waals surface area contributed by atoms with Crippen molar-refractivity contribution in [2.24, 2.45) is 0 Å². The Morgan fingerprint density at radius 3 is 1.00 bits per heavy atom. The second kappa shape index (κ2) is 35.6. The van der Waals surface area contributed by atoms with Gasteiger partial charge in [-0.25, -0.2) is 0 Å². The molecule has 0 atom stereocenters. The van der Waals surface area contributed by atoms with Gasteiger partial charge in [-0.3, -0.25) is 14.4 Å². The number of halogens is 12. The van der Waals surface area contributed by atoms with Gasteiger partial charge in [0.25, 0.3) is 20.4 Å². The van der Waals surface area contributed by atoms with Gasteiger partial charge in [-0.15, -0.1) is 0 Å². The molecule has 4 nitrogen and oxygen atoms in total. The monoisotopic (exact) mass is 527 g/mol. The maximum absolute atomic E-state index is 9.75. The Labute approximate surface area is 182 Å². The Hall–Kier alpha value is -1.84. The van der Waals surface area contributed by atoms with Crippen LogP contribution in [0.4, 0.5) is 51.8 Å². The predicted molar refractivity (Wildman–Crippen MR) is 87.8 cm³/mol. The van der Waals surface area contributed by atoms with Crippen LogP contribution in [0.15, 0.2) is 24.0 Å². The van der Waals surface area contributed by atoms with Gasteiger partial charge in [-0.2, -0.15) is 0 Å². The number of ether oxygens (including phenoxy) is 1. The molecule has 0 aromatic carbocycles. The fourth-order valence-electron chi connectivity index (χ4n) is 0.534. The molecule has 0 spiro atoms. The predicted octanol–water partition coefficient (Wildman–Crippen LogP) is 5.21. The Kier molecular flexibility index (Phi) is 59.3. The standard InChI is InChI=1S/C8H14O.3CO.3BF4.Fe/c1-4-6-7-8(5-2)9-3;3*1-2;3*2-1(3,4)5;/h4,6-7H,5H2,1-3H3;;;;;;;/q;;;;3*-1;+3. The summed E-state index contributed by atoms with van der Waals surface area (Å²) in [5.41, 5.74) is 0. The summed E-state index contributed by atoms with van der Waals surface area (Å²) in [5, 5.41) is 0. The quantitative estimate of drug-likeness (QED) is 0.219. The van der Waals surface area contributed by atoms with Crippen LogP contribution >= 0.6 is 0 Å². The first-order chi connectivity index (χ1) is 13.3. The first-order valence-electron chi connectivity index (χ1n) is 6.44. The van der Waals surface area contributed by atoms with E-state index in [9.17, 15) is 51.8 Å². The van der Waals surface area contributed by atoms with Crippen LogP contribution in [0.3, 0.4) is 0 Å². The summed E-state index contributed by atoms with van der Waals surface area (Å²) in [6.07, 6.45) is 6.89. The van der Waals surface area contributed by atoms with E-state index in [0.29, 0.717) is 0 Å². The van der Waals surface area contributed by atoms with Crippen molar-refractivity contribution in [2.75, 3.05) is 7.11 Å². The van der Waals surface area contributed by atoms with E-state index in [4.69, 9.17) is 19.1 Å². The molecule has 0 aliphatic rings. The fraction of sp³-hybridized carbons (Fsp3) is 0.364. The Balaban J connectivity index is -0.0000000356. The van der Waals surface area contributed by atoms with Crippen LogP contribution in [0, 0.1) is 0 Å². The first-order valence-corrected chi connectivity index (χ1v) is 6.44. The summed E-state index contributed by atoms with van der Waals surface area (Å²) in [5.74, 6) is 1.02. The minimum Gasteiger partial charge on any atom is -0.501 e. The Morgan fingerprint density at radius 1 is 0.710 bits per heavy atom. The van der Waals surface area contributed by atoms with E-state index < -0.39 is 21.8 Å². The van der Waals surface area contributed by atoms with Crippen LogP contribution < -0.4 is 0 Å². The van der Waals surface area contributed by atoms with Crippen LogP contribution in [-0.2, 0) is 36.2 Å². The average molecular weight is 526 g/mol. The zero-order chi connectivity index (χ0) is 26.6. The van der Waals surface area contributed by atoms with Crippen LogP contribution in [0.25, 0.3) is 0 Å².